The van der Waals surface area contributed by atoms with E-state index in [9.17, 15) is 24.0 Å². The first kappa shape index (κ1) is 31.7. The first-order valence-corrected chi connectivity index (χ1v) is 13.3. The molecule has 0 aliphatic carbocycles. The highest BCUT2D eigenvalue weighted by molar-refractivity contribution is 5.97. The van der Waals surface area contributed by atoms with Crippen molar-refractivity contribution in [3.05, 3.63) is 11.8 Å². The van der Waals surface area contributed by atoms with Crippen LogP contribution in [0.3, 0.4) is 0 Å². The van der Waals surface area contributed by atoms with Crippen LogP contribution in [0.25, 0.3) is 0 Å². The number of epoxide rings is 1. The van der Waals surface area contributed by atoms with Crippen LogP contribution in [-0.4, -0.2) is 78.1 Å². The van der Waals surface area contributed by atoms with E-state index in [-0.39, 0.29) is 43.3 Å². The van der Waals surface area contributed by atoms with Crippen LogP contribution < -0.4 is 26.0 Å². The van der Waals surface area contributed by atoms with Crippen molar-refractivity contribution < 1.29 is 38.0 Å². The largest absolute Gasteiger partial charge is 0.461 e. The first-order valence-electron chi connectivity index (χ1n) is 13.3. The van der Waals surface area contributed by atoms with Crippen molar-refractivity contribution in [2.75, 3.05) is 19.7 Å². The summed E-state index contributed by atoms with van der Waals surface area (Å²) in [5.41, 5.74) is -0.525. The molecule has 1 aliphatic heterocycles. The molecule has 1 saturated heterocycles. The summed E-state index contributed by atoms with van der Waals surface area (Å²) in [4.78, 5) is 62.4. The Labute approximate surface area is 228 Å². The SMILES string of the molecule is CCC[C@H](NC(=O)CNC(=O)Cc1cc(OC(C)C)on1)C(=O)NCC(=O)N[C@@H](CC(C)C)C(=O)C1(C)CO1. The highest BCUT2D eigenvalue weighted by Crippen LogP contribution is 2.29. The van der Waals surface area contributed by atoms with Gasteiger partial charge in [-0.15, -0.1) is 0 Å². The quantitative estimate of drug-likeness (QED) is 0.199. The van der Waals surface area contributed by atoms with E-state index >= 15 is 0 Å². The van der Waals surface area contributed by atoms with Crippen molar-refractivity contribution in [3.8, 4) is 5.95 Å². The van der Waals surface area contributed by atoms with Gasteiger partial charge in [0, 0.05) is 6.07 Å². The van der Waals surface area contributed by atoms with Crippen molar-refractivity contribution in [2.45, 2.75) is 91.0 Å². The predicted octanol–water partition coefficient (Wildman–Crippen LogP) is 0.411. The molecule has 4 amide bonds. The zero-order valence-corrected chi connectivity index (χ0v) is 23.5. The first-order chi connectivity index (χ1) is 18.3. The van der Waals surface area contributed by atoms with Gasteiger partial charge in [0.05, 0.1) is 44.0 Å². The Morgan fingerprint density at radius 2 is 1.62 bits per heavy atom. The second-order valence-corrected chi connectivity index (χ2v) is 10.5. The third-order valence-electron chi connectivity index (χ3n) is 5.79. The number of nitrogens with one attached hydrogen (secondary N) is 4. The molecule has 0 spiro atoms. The molecule has 0 radical (unpaired) electrons. The van der Waals surface area contributed by atoms with Crippen LogP contribution in [0.5, 0.6) is 5.95 Å². The lowest BCUT2D eigenvalue weighted by atomic mass is 9.93. The number of ether oxygens (including phenoxy) is 2. The van der Waals surface area contributed by atoms with Gasteiger partial charge in [-0.25, -0.2) is 0 Å². The molecule has 1 aromatic heterocycles. The molecule has 0 bridgehead atoms. The maximum Gasteiger partial charge on any atom is 0.311 e. The minimum atomic E-state index is -0.898. The van der Waals surface area contributed by atoms with E-state index in [4.69, 9.17) is 14.0 Å². The highest BCUT2D eigenvalue weighted by Gasteiger charge is 2.50. The van der Waals surface area contributed by atoms with E-state index in [1.165, 1.54) is 6.07 Å². The number of carbonyl (C=O) groups is 5. The van der Waals surface area contributed by atoms with Crippen LogP contribution in [0.1, 0.15) is 66.5 Å². The summed E-state index contributed by atoms with van der Waals surface area (Å²) in [7, 11) is 0. The summed E-state index contributed by atoms with van der Waals surface area (Å²) >= 11 is 0. The van der Waals surface area contributed by atoms with E-state index in [0.29, 0.717) is 31.6 Å². The number of ketones is 1. The molecule has 4 N–H and O–H groups in total. The van der Waals surface area contributed by atoms with Gasteiger partial charge >= 0.3 is 5.95 Å². The molecule has 3 atom stereocenters. The van der Waals surface area contributed by atoms with Crippen LogP contribution in [-0.2, 0) is 35.1 Å². The minimum absolute atomic E-state index is 0.108. The minimum Gasteiger partial charge on any atom is -0.461 e. The second kappa shape index (κ2) is 14.6. The van der Waals surface area contributed by atoms with E-state index in [0.717, 1.165) is 0 Å². The molecule has 1 aliphatic rings. The zero-order chi connectivity index (χ0) is 29.2. The van der Waals surface area contributed by atoms with Gasteiger partial charge in [-0.2, -0.15) is 0 Å². The Kier molecular flexibility index (Phi) is 11.9. The molecule has 13 nitrogen and oxygen atoms in total. The summed E-state index contributed by atoms with van der Waals surface area (Å²) in [5.74, 6) is -1.92. The number of hydrogen-bond donors (Lipinski definition) is 4. The molecule has 1 fully saturated rings. The summed E-state index contributed by atoms with van der Waals surface area (Å²) in [6, 6.07) is -0.119. The van der Waals surface area contributed by atoms with Crippen molar-refractivity contribution in [2.24, 2.45) is 5.92 Å². The van der Waals surface area contributed by atoms with Crippen molar-refractivity contribution in [3.63, 3.8) is 0 Å². The van der Waals surface area contributed by atoms with Crippen molar-refractivity contribution in [1.82, 2.24) is 26.4 Å². The maximum absolute atomic E-state index is 12.7. The fraction of sp³-hybridized carbons (Fsp3) is 0.692. The summed E-state index contributed by atoms with van der Waals surface area (Å²) in [6.45, 7) is 10.7. The van der Waals surface area contributed by atoms with Crippen LogP contribution >= 0.6 is 0 Å². The van der Waals surface area contributed by atoms with Gasteiger partial charge in [-0.3, -0.25) is 24.0 Å². The van der Waals surface area contributed by atoms with Crippen LogP contribution in [0.15, 0.2) is 10.6 Å². The molecule has 218 valence electrons. The molecule has 0 saturated carbocycles. The summed E-state index contributed by atoms with van der Waals surface area (Å²) in [6.07, 6.45) is 1.14. The van der Waals surface area contributed by atoms with Gasteiger partial charge in [0.1, 0.15) is 11.6 Å². The van der Waals surface area contributed by atoms with Crippen LogP contribution in [0.4, 0.5) is 0 Å². The summed E-state index contributed by atoms with van der Waals surface area (Å²) < 4.78 is 15.6. The van der Waals surface area contributed by atoms with E-state index in [1.807, 2.05) is 34.6 Å². The lowest BCUT2D eigenvalue weighted by molar-refractivity contribution is -0.132. The number of aromatic nitrogens is 1. The van der Waals surface area contributed by atoms with Crippen molar-refractivity contribution in [1.29, 1.82) is 0 Å². The number of nitrogens with zero attached hydrogens (tertiary/aromatic N) is 1. The number of carbonyl (C=O) groups excluding carboxylic acids is 5. The maximum atomic E-state index is 12.7. The monoisotopic (exact) mass is 551 g/mol. The van der Waals surface area contributed by atoms with Gasteiger partial charge in [0.2, 0.25) is 23.6 Å². The number of rotatable bonds is 17. The Morgan fingerprint density at radius 3 is 2.18 bits per heavy atom. The average Bonchev–Trinajstić information content (AvgIpc) is 3.46. The standard InChI is InChI=1S/C26H41N5O8/c1-7-8-18(29-21(33)12-27-20(32)10-17-11-23(39-31-17)38-16(4)5)25(36)28-13-22(34)30-19(9-15(2)3)24(35)26(6)14-37-26/h11,15-16,18-19H,7-10,12-14H2,1-6H3,(H,27,32)(H,28,36)(H,29,33)(H,30,34)/t18-,19-,26?/m0/s1. The molecule has 1 aromatic rings. The molecule has 0 aromatic carbocycles. The molecule has 2 rings (SSSR count). The molecule has 2 heterocycles. The fourth-order valence-corrected chi connectivity index (χ4v) is 3.73. The Balaban J connectivity index is 1.79. The van der Waals surface area contributed by atoms with Crippen molar-refractivity contribution >= 4 is 29.4 Å². The number of Topliss-reactive ketones (excluding diaryl/α,β-unsaturated/α-hetero) is 1. The molecule has 13 heteroatoms. The van der Waals surface area contributed by atoms with Gasteiger partial charge in [-0.05, 0) is 39.5 Å². The lowest BCUT2D eigenvalue weighted by Crippen LogP contribution is -2.53. The number of amides is 4. The van der Waals surface area contributed by atoms with Gasteiger partial charge in [0.25, 0.3) is 0 Å². The third-order valence-corrected chi connectivity index (χ3v) is 5.79. The van der Waals surface area contributed by atoms with Gasteiger partial charge < -0.3 is 35.3 Å². The Hall–Kier alpha value is -3.48. The van der Waals surface area contributed by atoms with Gasteiger partial charge in [-0.1, -0.05) is 32.3 Å². The van der Waals surface area contributed by atoms with Crippen LogP contribution in [0, 0.1) is 5.92 Å². The Morgan fingerprint density at radius 1 is 1.00 bits per heavy atom. The highest BCUT2D eigenvalue weighted by atomic mass is 16.6. The normalized spacial score (nSPS) is 17.7. The molecule has 1 unspecified atom stereocenters. The smallest absolute Gasteiger partial charge is 0.311 e. The summed E-state index contributed by atoms with van der Waals surface area (Å²) in [5, 5.41) is 14.0. The van der Waals surface area contributed by atoms with Crippen LogP contribution in [0.2, 0.25) is 0 Å². The zero-order valence-electron chi connectivity index (χ0n) is 23.5. The Bertz CT molecular complexity index is 1020. The molecular weight excluding hydrogens is 510 g/mol. The van der Waals surface area contributed by atoms with Gasteiger partial charge in [0.15, 0.2) is 5.78 Å². The van der Waals surface area contributed by atoms with E-state index < -0.39 is 41.3 Å². The molecule has 39 heavy (non-hydrogen) atoms. The topological polar surface area (TPSA) is 181 Å². The fourth-order valence-electron chi connectivity index (χ4n) is 3.73. The van der Waals surface area contributed by atoms with E-state index in [1.54, 1.807) is 6.92 Å². The number of hydrogen-bond acceptors (Lipinski definition) is 9. The lowest BCUT2D eigenvalue weighted by Gasteiger charge is -2.22. The predicted molar refractivity (Wildman–Crippen MR) is 140 cm³/mol. The molecular formula is C26H41N5O8. The average molecular weight is 552 g/mol. The van der Waals surface area contributed by atoms with E-state index in [2.05, 4.69) is 26.4 Å². The third kappa shape index (κ3) is 11.0. The second-order valence-electron chi connectivity index (χ2n) is 10.5.